The predicted molar refractivity (Wildman–Crippen MR) is 139 cm³/mol. The van der Waals surface area contributed by atoms with Crippen molar-refractivity contribution in [2.24, 2.45) is 0 Å². The molecule has 3 aromatic carbocycles. The van der Waals surface area contributed by atoms with E-state index in [0.29, 0.717) is 40.1 Å². The Bertz CT molecular complexity index is 1190. The van der Waals surface area contributed by atoms with E-state index in [4.69, 9.17) is 21.7 Å². The molecule has 34 heavy (non-hydrogen) atoms. The molecule has 0 saturated carbocycles. The van der Waals surface area contributed by atoms with Gasteiger partial charge in [-0.25, -0.2) is 0 Å². The Labute approximate surface area is 205 Å². The monoisotopic (exact) mass is 472 g/mol. The van der Waals surface area contributed by atoms with E-state index < -0.39 is 6.04 Å². The Balaban J connectivity index is 1.83. The zero-order valence-electron chi connectivity index (χ0n) is 19.3. The van der Waals surface area contributed by atoms with Crippen LogP contribution in [0, 0.1) is 0 Å². The van der Waals surface area contributed by atoms with Crippen molar-refractivity contribution in [3.8, 4) is 11.5 Å². The van der Waals surface area contributed by atoms with Crippen LogP contribution in [0.2, 0.25) is 0 Å². The van der Waals surface area contributed by atoms with Crippen LogP contribution in [-0.4, -0.2) is 24.6 Å². The Morgan fingerprint density at radius 3 is 2.35 bits per heavy atom. The van der Waals surface area contributed by atoms with Crippen LogP contribution in [0.25, 0.3) is 5.70 Å². The lowest BCUT2D eigenvalue weighted by Crippen LogP contribution is -2.44. The summed E-state index contributed by atoms with van der Waals surface area (Å²) in [7, 11) is 1.62. The van der Waals surface area contributed by atoms with Crippen LogP contribution in [0.15, 0.2) is 84.4 Å². The third kappa shape index (κ3) is 5.13. The number of carbonyl (C=O) groups is 1. The smallest absolute Gasteiger partial charge is 0.193 e. The summed E-state index contributed by atoms with van der Waals surface area (Å²) in [6.45, 7) is 2.75. The molecule has 174 valence electrons. The first-order chi connectivity index (χ1) is 16.6. The van der Waals surface area contributed by atoms with Crippen molar-refractivity contribution in [2.75, 3.05) is 13.7 Å². The van der Waals surface area contributed by atoms with Gasteiger partial charge < -0.3 is 20.1 Å². The van der Waals surface area contributed by atoms with Gasteiger partial charge in [-0.3, -0.25) is 4.79 Å². The van der Waals surface area contributed by atoms with Crippen molar-refractivity contribution >= 4 is 28.8 Å². The summed E-state index contributed by atoms with van der Waals surface area (Å²) in [5.74, 6) is 1.22. The lowest BCUT2D eigenvalue weighted by atomic mass is 9.87. The van der Waals surface area contributed by atoms with Gasteiger partial charge in [0.1, 0.15) is 0 Å². The molecule has 2 N–H and O–H groups in total. The fourth-order valence-electron chi connectivity index (χ4n) is 3.95. The normalized spacial score (nSPS) is 15.4. The zero-order chi connectivity index (χ0) is 23.9. The number of ketones is 1. The number of hydrogen-bond acceptors (Lipinski definition) is 4. The summed E-state index contributed by atoms with van der Waals surface area (Å²) in [6.07, 6.45) is 2.02. The molecule has 3 aromatic rings. The number of benzene rings is 3. The van der Waals surface area contributed by atoms with E-state index in [1.54, 1.807) is 7.11 Å². The van der Waals surface area contributed by atoms with Crippen LogP contribution in [0.5, 0.6) is 11.5 Å². The maximum Gasteiger partial charge on any atom is 0.193 e. The summed E-state index contributed by atoms with van der Waals surface area (Å²) in [5, 5.41) is 6.99. The number of ether oxygens (including phenoxy) is 2. The van der Waals surface area contributed by atoms with E-state index >= 15 is 0 Å². The Kier molecular flexibility index (Phi) is 7.60. The maximum absolute atomic E-state index is 13.8. The van der Waals surface area contributed by atoms with E-state index in [1.807, 2.05) is 78.9 Å². The summed E-state index contributed by atoms with van der Waals surface area (Å²) in [4.78, 5) is 13.8. The molecule has 0 fully saturated rings. The molecule has 0 amide bonds. The maximum atomic E-state index is 13.8. The molecule has 0 saturated heterocycles. The third-order valence-corrected chi connectivity index (χ3v) is 5.91. The van der Waals surface area contributed by atoms with Crippen LogP contribution >= 0.6 is 12.2 Å². The van der Waals surface area contributed by atoms with Gasteiger partial charge in [0.05, 0.1) is 31.0 Å². The average molecular weight is 473 g/mol. The van der Waals surface area contributed by atoms with Crippen molar-refractivity contribution in [3.63, 3.8) is 0 Å². The minimum atomic E-state index is -0.463. The van der Waals surface area contributed by atoms with Gasteiger partial charge in [-0.15, -0.1) is 0 Å². The van der Waals surface area contributed by atoms with Gasteiger partial charge in [0.15, 0.2) is 22.4 Å². The average Bonchev–Trinajstić information content (AvgIpc) is 2.89. The number of rotatable bonds is 9. The van der Waals surface area contributed by atoms with Gasteiger partial charge >= 0.3 is 0 Å². The number of methoxy groups -OCH3 is 1. The highest BCUT2D eigenvalue weighted by Crippen LogP contribution is 2.37. The highest BCUT2D eigenvalue weighted by atomic mass is 32.1. The fraction of sp³-hybridized carbons (Fsp3) is 0.214. The Morgan fingerprint density at radius 2 is 1.68 bits per heavy atom. The number of carbonyl (C=O) groups excluding carboxylic acids is 1. The number of nitrogens with one attached hydrogen (secondary N) is 2. The zero-order valence-corrected chi connectivity index (χ0v) is 20.2. The van der Waals surface area contributed by atoms with Crippen molar-refractivity contribution in [3.05, 3.63) is 101 Å². The predicted octanol–water partition coefficient (Wildman–Crippen LogP) is 5.69. The number of Topliss-reactive ketones (excluding diaryl/α,β-unsaturated/α-hetero) is 1. The van der Waals surface area contributed by atoms with Gasteiger partial charge in [-0.1, -0.05) is 80.1 Å². The van der Waals surface area contributed by atoms with E-state index in [9.17, 15) is 4.79 Å². The largest absolute Gasteiger partial charge is 0.493 e. The van der Waals surface area contributed by atoms with E-state index in [1.165, 1.54) is 0 Å². The molecule has 6 heteroatoms. The third-order valence-electron chi connectivity index (χ3n) is 5.69. The number of thiocarbonyl (C=S) groups is 1. The standard InChI is InChI=1S/C28H28N2O3S/c1-3-4-17-33-22-16-15-21(18-23(22)32-2)26-24(27(31)20-13-9-6-10-14-20)25(29-28(34)30-26)19-11-7-5-8-12-19/h5-16,18,26H,3-4,17H2,1-2H3,(H2,29,30,34)/t26-/m0/s1. The van der Waals surface area contributed by atoms with E-state index in [2.05, 4.69) is 17.6 Å². The Morgan fingerprint density at radius 1 is 0.971 bits per heavy atom. The first kappa shape index (κ1) is 23.5. The first-order valence-electron chi connectivity index (χ1n) is 11.4. The minimum Gasteiger partial charge on any atom is -0.493 e. The van der Waals surface area contributed by atoms with Crippen molar-refractivity contribution in [2.45, 2.75) is 25.8 Å². The van der Waals surface area contributed by atoms with Crippen molar-refractivity contribution < 1.29 is 14.3 Å². The van der Waals surface area contributed by atoms with E-state index in [-0.39, 0.29) is 5.78 Å². The highest BCUT2D eigenvalue weighted by molar-refractivity contribution is 7.80. The van der Waals surface area contributed by atoms with Crippen molar-refractivity contribution in [1.29, 1.82) is 0 Å². The molecule has 4 rings (SSSR count). The summed E-state index contributed by atoms with van der Waals surface area (Å²) < 4.78 is 11.5. The van der Waals surface area contributed by atoms with E-state index in [0.717, 1.165) is 24.0 Å². The molecule has 0 aliphatic carbocycles. The molecule has 0 unspecified atom stereocenters. The quantitative estimate of drug-likeness (QED) is 0.237. The molecule has 0 bridgehead atoms. The lowest BCUT2D eigenvalue weighted by Gasteiger charge is -2.32. The van der Waals surface area contributed by atoms with Gasteiger partial charge in [0.25, 0.3) is 0 Å². The van der Waals surface area contributed by atoms with Crippen molar-refractivity contribution in [1.82, 2.24) is 10.6 Å². The summed E-state index contributed by atoms with van der Waals surface area (Å²) in [5.41, 5.74) is 3.65. The molecular formula is C28H28N2O3S. The van der Waals surface area contributed by atoms with Crippen LogP contribution in [0.3, 0.4) is 0 Å². The van der Waals surface area contributed by atoms with Crippen LogP contribution in [0.1, 0.15) is 47.3 Å². The second kappa shape index (κ2) is 11.0. The Hall–Kier alpha value is -3.64. The summed E-state index contributed by atoms with van der Waals surface area (Å²) in [6, 6.07) is 24.4. The molecule has 1 atom stereocenters. The lowest BCUT2D eigenvalue weighted by molar-refractivity contribution is 0.102. The SMILES string of the molecule is CCCCOc1ccc([C@@H]2NC(=S)NC(c3ccccc3)=C2C(=O)c2ccccc2)cc1OC. The molecule has 0 radical (unpaired) electrons. The summed E-state index contributed by atoms with van der Waals surface area (Å²) >= 11 is 5.55. The molecular weight excluding hydrogens is 444 g/mol. The topological polar surface area (TPSA) is 59.6 Å². The van der Waals surface area contributed by atoms with Gasteiger partial charge in [0, 0.05) is 5.56 Å². The number of hydrogen-bond donors (Lipinski definition) is 2. The van der Waals surface area contributed by atoms with Crippen LogP contribution in [0.4, 0.5) is 0 Å². The second-order valence-corrected chi connectivity index (χ2v) is 8.40. The van der Waals surface area contributed by atoms with Gasteiger partial charge in [-0.2, -0.15) is 0 Å². The molecule has 0 aromatic heterocycles. The molecule has 0 spiro atoms. The first-order valence-corrected chi connectivity index (χ1v) is 11.8. The van der Waals surface area contributed by atoms with Gasteiger partial charge in [0.2, 0.25) is 0 Å². The molecule has 1 aliphatic heterocycles. The van der Waals surface area contributed by atoms with Gasteiger partial charge in [-0.05, 0) is 41.9 Å². The molecule has 5 nitrogen and oxygen atoms in total. The second-order valence-electron chi connectivity index (χ2n) is 7.99. The molecule has 1 heterocycles. The van der Waals surface area contributed by atoms with Crippen LogP contribution < -0.4 is 20.1 Å². The fourth-order valence-corrected chi connectivity index (χ4v) is 4.17. The highest BCUT2D eigenvalue weighted by Gasteiger charge is 2.33. The van der Waals surface area contributed by atoms with Crippen LogP contribution in [-0.2, 0) is 0 Å². The number of unbranched alkanes of at least 4 members (excludes halogenated alkanes) is 1. The molecule has 1 aliphatic rings. The minimum absolute atomic E-state index is 0.0748.